The largest absolute Gasteiger partial charge is 0.421 e. The molecule has 0 amide bonds. The molecule has 2 nitrogen and oxygen atoms in total. The number of hydrogen-bond acceptors (Lipinski definition) is 2. The van der Waals surface area contributed by atoms with Crippen LogP contribution in [0, 0.1) is 5.82 Å². The van der Waals surface area contributed by atoms with E-state index >= 15 is 0 Å². The van der Waals surface area contributed by atoms with Crippen molar-refractivity contribution in [2.75, 3.05) is 5.73 Å². The Bertz CT molecular complexity index is 459. The van der Waals surface area contributed by atoms with Crippen LogP contribution in [0.5, 0.6) is 0 Å². The first-order valence-electron chi connectivity index (χ1n) is 4.22. The van der Waals surface area contributed by atoms with E-state index in [9.17, 15) is 22.7 Å². The molecule has 1 rings (SSSR count). The Hall–Kier alpha value is -0.720. The summed E-state index contributed by atoms with van der Waals surface area (Å²) in [4.78, 5) is 0. The summed E-state index contributed by atoms with van der Waals surface area (Å²) in [6.07, 6.45) is -5.07. The van der Waals surface area contributed by atoms with Crippen LogP contribution >= 0.6 is 23.2 Å². The Labute approximate surface area is 104 Å². The fraction of sp³-hybridized carbons (Fsp3) is 0.333. The monoisotopic (exact) mass is 291 g/mol. The van der Waals surface area contributed by atoms with Crippen LogP contribution < -0.4 is 5.73 Å². The fourth-order valence-corrected chi connectivity index (χ4v) is 1.57. The van der Waals surface area contributed by atoms with Gasteiger partial charge in [-0.25, -0.2) is 4.39 Å². The van der Waals surface area contributed by atoms with Crippen molar-refractivity contribution in [2.45, 2.75) is 18.7 Å². The summed E-state index contributed by atoms with van der Waals surface area (Å²) in [7, 11) is 0. The summed E-state index contributed by atoms with van der Waals surface area (Å²) in [5.74, 6) is -1.45. The van der Waals surface area contributed by atoms with E-state index in [1.807, 2.05) is 0 Å². The van der Waals surface area contributed by atoms with Crippen molar-refractivity contribution in [2.24, 2.45) is 0 Å². The van der Waals surface area contributed by atoms with Gasteiger partial charge in [-0.2, -0.15) is 13.2 Å². The highest BCUT2D eigenvalue weighted by Gasteiger charge is 2.53. The lowest BCUT2D eigenvalue weighted by atomic mass is 9.94. The molecule has 8 heteroatoms. The smallest absolute Gasteiger partial charge is 0.396 e. The van der Waals surface area contributed by atoms with Crippen molar-refractivity contribution in [1.82, 2.24) is 0 Å². The first kappa shape index (κ1) is 14.3. The second kappa shape index (κ2) is 4.19. The molecule has 0 aliphatic heterocycles. The SMILES string of the molecule is CC(O)(c1cc(Cl)c(N)c(Cl)c1F)C(F)(F)F. The summed E-state index contributed by atoms with van der Waals surface area (Å²) in [5.41, 5.74) is 0.376. The lowest BCUT2D eigenvalue weighted by Crippen LogP contribution is -2.40. The minimum atomic E-state index is -5.07. The van der Waals surface area contributed by atoms with Gasteiger partial charge < -0.3 is 10.8 Å². The number of rotatable bonds is 1. The van der Waals surface area contributed by atoms with Crippen LogP contribution in [0.4, 0.5) is 23.2 Å². The van der Waals surface area contributed by atoms with Gasteiger partial charge in [-0.15, -0.1) is 0 Å². The van der Waals surface area contributed by atoms with Gasteiger partial charge >= 0.3 is 6.18 Å². The van der Waals surface area contributed by atoms with Crippen LogP contribution in [-0.4, -0.2) is 11.3 Å². The van der Waals surface area contributed by atoms with Gasteiger partial charge in [-0.3, -0.25) is 0 Å². The summed E-state index contributed by atoms with van der Waals surface area (Å²) in [6.45, 7) is 0.397. The normalized spacial score (nSPS) is 15.8. The molecule has 0 aliphatic rings. The molecular weight excluding hydrogens is 285 g/mol. The zero-order valence-corrected chi connectivity index (χ0v) is 9.88. The van der Waals surface area contributed by atoms with Gasteiger partial charge in [-0.05, 0) is 13.0 Å². The summed E-state index contributed by atoms with van der Waals surface area (Å²) < 4.78 is 51.1. The molecule has 1 atom stereocenters. The highest BCUT2D eigenvalue weighted by Crippen LogP contribution is 2.43. The van der Waals surface area contributed by atoms with E-state index in [1.54, 1.807) is 0 Å². The zero-order chi connectivity index (χ0) is 13.6. The maximum absolute atomic E-state index is 13.5. The molecule has 3 N–H and O–H groups in total. The number of alkyl halides is 3. The lowest BCUT2D eigenvalue weighted by molar-refractivity contribution is -0.259. The molecule has 0 spiro atoms. The number of anilines is 1. The topological polar surface area (TPSA) is 46.2 Å². The van der Waals surface area contributed by atoms with Crippen LogP contribution in [-0.2, 0) is 5.60 Å². The van der Waals surface area contributed by atoms with Gasteiger partial charge in [0.15, 0.2) is 5.60 Å². The van der Waals surface area contributed by atoms with Gasteiger partial charge in [0.05, 0.1) is 10.7 Å². The minimum Gasteiger partial charge on any atom is -0.396 e. The Balaban J connectivity index is 3.54. The molecule has 0 aliphatic carbocycles. The lowest BCUT2D eigenvalue weighted by Gasteiger charge is -2.27. The van der Waals surface area contributed by atoms with Crippen molar-refractivity contribution in [1.29, 1.82) is 0 Å². The molecule has 1 aromatic carbocycles. The molecular formula is C9H7Cl2F4NO. The maximum atomic E-state index is 13.5. The third-order valence-corrected chi connectivity index (χ3v) is 2.95. The Morgan fingerprint density at radius 2 is 1.76 bits per heavy atom. The average Bonchev–Trinajstić information content (AvgIpc) is 2.18. The average molecular weight is 292 g/mol. The standard InChI is InChI=1S/C9H7Cl2F4NO/c1-8(17,9(13,14)15)3-2-4(10)7(16)5(11)6(3)12/h2,17H,16H2,1H3. The van der Waals surface area contributed by atoms with Crippen molar-refractivity contribution >= 4 is 28.9 Å². The second-order valence-corrected chi connectivity index (χ2v) is 4.30. The van der Waals surface area contributed by atoms with Crippen LogP contribution in [0.1, 0.15) is 12.5 Å². The number of aliphatic hydroxyl groups is 1. The molecule has 0 saturated heterocycles. The number of hydrogen-bond donors (Lipinski definition) is 2. The molecule has 0 radical (unpaired) electrons. The minimum absolute atomic E-state index is 0.365. The first-order valence-corrected chi connectivity index (χ1v) is 4.98. The highest BCUT2D eigenvalue weighted by atomic mass is 35.5. The predicted octanol–water partition coefficient (Wildman–Crippen LogP) is 3.48. The number of halogens is 6. The molecule has 0 saturated carbocycles. The van der Waals surface area contributed by atoms with E-state index in [1.165, 1.54) is 0 Å². The maximum Gasteiger partial charge on any atom is 0.421 e. The van der Waals surface area contributed by atoms with Crippen molar-refractivity contribution in [3.05, 3.63) is 27.5 Å². The predicted molar refractivity (Wildman–Crippen MR) is 56.5 cm³/mol. The zero-order valence-electron chi connectivity index (χ0n) is 8.37. The van der Waals surface area contributed by atoms with Crippen molar-refractivity contribution in [3.8, 4) is 0 Å². The third kappa shape index (κ3) is 2.29. The number of benzene rings is 1. The van der Waals surface area contributed by atoms with Crippen LogP contribution in [0.2, 0.25) is 10.0 Å². The second-order valence-electron chi connectivity index (χ2n) is 3.52. The summed E-state index contributed by atoms with van der Waals surface area (Å²) >= 11 is 10.9. The summed E-state index contributed by atoms with van der Waals surface area (Å²) in [6, 6.07) is 0.603. The number of nitrogens with two attached hydrogens (primary N) is 1. The Kier molecular flexibility index (Phi) is 3.53. The van der Waals surface area contributed by atoms with E-state index in [-0.39, 0.29) is 10.7 Å². The van der Waals surface area contributed by atoms with Gasteiger partial charge in [0.1, 0.15) is 10.8 Å². The molecule has 0 heterocycles. The molecule has 1 unspecified atom stereocenters. The van der Waals surface area contributed by atoms with E-state index in [4.69, 9.17) is 28.9 Å². The van der Waals surface area contributed by atoms with E-state index in [2.05, 4.69) is 0 Å². The Morgan fingerprint density at radius 3 is 2.18 bits per heavy atom. The van der Waals surface area contributed by atoms with E-state index in [0.29, 0.717) is 13.0 Å². The highest BCUT2D eigenvalue weighted by molar-refractivity contribution is 6.39. The molecule has 0 bridgehead atoms. The van der Waals surface area contributed by atoms with E-state index < -0.39 is 28.2 Å². The molecule has 0 fully saturated rings. The number of nitrogen functional groups attached to an aromatic ring is 1. The third-order valence-electron chi connectivity index (χ3n) is 2.27. The fourth-order valence-electron chi connectivity index (χ4n) is 1.12. The first-order chi connectivity index (χ1) is 7.50. The summed E-state index contributed by atoms with van der Waals surface area (Å²) in [5, 5.41) is 8.20. The van der Waals surface area contributed by atoms with Crippen LogP contribution in [0.15, 0.2) is 6.07 Å². The van der Waals surface area contributed by atoms with Gasteiger partial charge in [0.25, 0.3) is 0 Å². The van der Waals surface area contributed by atoms with Crippen LogP contribution in [0.25, 0.3) is 0 Å². The Morgan fingerprint density at radius 1 is 1.29 bits per heavy atom. The van der Waals surface area contributed by atoms with Crippen LogP contribution in [0.3, 0.4) is 0 Å². The molecule has 1 aromatic rings. The van der Waals surface area contributed by atoms with Gasteiger partial charge in [0.2, 0.25) is 0 Å². The van der Waals surface area contributed by atoms with Gasteiger partial charge in [-0.1, -0.05) is 23.2 Å². The molecule has 17 heavy (non-hydrogen) atoms. The molecule has 96 valence electrons. The van der Waals surface area contributed by atoms with Crippen molar-refractivity contribution < 1.29 is 22.7 Å². The quantitative estimate of drug-likeness (QED) is 0.473. The molecule has 0 aromatic heterocycles. The van der Waals surface area contributed by atoms with Gasteiger partial charge in [0, 0.05) is 5.56 Å². The van der Waals surface area contributed by atoms with E-state index in [0.717, 1.165) is 0 Å². The van der Waals surface area contributed by atoms with Crippen molar-refractivity contribution in [3.63, 3.8) is 0 Å².